The number of aromatic nitrogens is 1. The van der Waals surface area contributed by atoms with Crippen LogP contribution < -0.4 is 10.0 Å². The van der Waals surface area contributed by atoms with Crippen LogP contribution in [0.2, 0.25) is 0 Å². The molecule has 0 bridgehead atoms. The van der Waals surface area contributed by atoms with Crippen molar-refractivity contribution in [2.45, 2.75) is 32.2 Å². The van der Waals surface area contributed by atoms with Gasteiger partial charge in [0.2, 0.25) is 5.91 Å². The Morgan fingerprint density at radius 3 is 2.45 bits per heavy atom. The van der Waals surface area contributed by atoms with Gasteiger partial charge in [0.05, 0.1) is 23.8 Å². The molecule has 0 unspecified atom stereocenters. The van der Waals surface area contributed by atoms with Crippen LogP contribution in [0.1, 0.15) is 34.8 Å². The van der Waals surface area contributed by atoms with Gasteiger partial charge in [0.15, 0.2) is 0 Å². The van der Waals surface area contributed by atoms with Gasteiger partial charge >= 0.3 is 10.3 Å². The molecule has 163 valence electrons. The van der Waals surface area contributed by atoms with Crippen molar-refractivity contribution in [3.8, 4) is 0 Å². The Morgan fingerprint density at radius 1 is 1.13 bits per heavy atom. The Kier molecular flexibility index (Phi) is 7.78. The second kappa shape index (κ2) is 10.5. The molecule has 31 heavy (non-hydrogen) atoms. The molecule has 3 rings (SSSR count). The number of hydrogen-bond acceptors (Lipinski definition) is 5. The molecule has 0 aliphatic rings. The Hall–Kier alpha value is -2.75. The normalized spacial score (nSPS) is 12.3. The van der Waals surface area contributed by atoms with Gasteiger partial charge in [-0.1, -0.05) is 49.4 Å². The van der Waals surface area contributed by atoms with Crippen molar-refractivity contribution in [2.24, 2.45) is 0 Å². The van der Waals surface area contributed by atoms with Gasteiger partial charge in [0.1, 0.15) is 5.01 Å². The van der Waals surface area contributed by atoms with E-state index in [0.29, 0.717) is 12.8 Å². The standard InChI is InChI=1S/C22H24N3O4S2/c1-2-18-15-30-22(23-18)20(24-21(26)13-10-16-6-4-3-5-7-16)14-17-8-11-19(12-9-17)25-31(27,28)29/h3-9,11-13,15,20,25H,2,10,14H2,1H3,(H,24,26)(H,27,28,29)/t20-/m0/s1. The summed E-state index contributed by atoms with van der Waals surface area (Å²) in [7, 11) is -4.32. The van der Waals surface area contributed by atoms with E-state index in [1.54, 1.807) is 30.7 Å². The zero-order valence-corrected chi connectivity index (χ0v) is 18.6. The summed E-state index contributed by atoms with van der Waals surface area (Å²) in [6, 6.07) is 16.0. The third kappa shape index (κ3) is 7.46. The maximum absolute atomic E-state index is 12.6. The summed E-state index contributed by atoms with van der Waals surface area (Å²) in [5.41, 5.74) is 3.17. The summed E-state index contributed by atoms with van der Waals surface area (Å²) in [5, 5.41) is 5.85. The largest absolute Gasteiger partial charge is 0.357 e. The van der Waals surface area contributed by atoms with Crippen LogP contribution in [-0.2, 0) is 34.4 Å². The predicted molar refractivity (Wildman–Crippen MR) is 122 cm³/mol. The maximum Gasteiger partial charge on any atom is 0.357 e. The molecule has 9 heteroatoms. The average Bonchev–Trinajstić information content (AvgIpc) is 3.22. The molecule has 1 aromatic heterocycles. The quantitative estimate of drug-likeness (QED) is 0.401. The number of amides is 1. The molecule has 0 saturated carbocycles. The number of aryl methyl sites for hydroxylation is 1. The first-order valence-corrected chi connectivity index (χ1v) is 12.1. The molecule has 0 aliphatic carbocycles. The van der Waals surface area contributed by atoms with Crippen LogP contribution >= 0.6 is 11.3 Å². The zero-order valence-electron chi connectivity index (χ0n) is 17.0. The van der Waals surface area contributed by atoms with E-state index < -0.39 is 10.3 Å². The molecule has 0 fully saturated rings. The van der Waals surface area contributed by atoms with Gasteiger partial charge in [0, 0.05) is 5.38 Å². The van der Waals surface area contributed by atoms with Crippen molar-refractivity contribution in [3.63, 3.8) is 0 Å². The first-order valence-electron chi connectivity index (χ1n) is 9.78. The molecule has 2 aromatic carbocycles. The number of nitrogens with one attached hydrogen (secondary N) is 2. The highest BCUT2D eigenvalue weighted by atomic mass is 32.2. The number of anilines is 1. The van der Waals surface area contributed by atoms with E-state index in [2.05, 4.69) is 10.3 Å². The Morgan fingerprint density at radius 2 is 1.84 bits per heavy atom. The molecule has 7 nitrogen and oxygen atoms in total. The second-order valence-electron chi connectivity index (χ2n) is 6.96. The lowest BCUT2D eigenvalue weighted by atomic mass is 10.0. The van der Waals surface area contributed by atoms with Crippen molar-refractivity contribution in [1.29, 1.82) is 0 Å². The topological polar surface area (TPSA) is 108 Å². The van der Waals surface area contributed by atoms with Crippen LogP contribution in [0, 0.1) is 6.42 Å². The van der Waals surface area contributed by atoms with Gasteiger partial charge in [-0.05, 0) is 42.5 Å². The molecule has 0 spiro atoms. The van der Waals surface area contributed by atoms with Gasteiger partial charge < -0.3 is 5.32 Å². The van der Waals surface area contributed by atoms with Crippen molar-refractivity contribution in [2.75, 3.05) is 4.72 Å². The number of carbonyl (C=O) groups excluding carboxylic acids is 1. The first-order chi connectivity index (χ1) is 14.8. The summed E-state index contributed by atoms with van der Waals surface area (Å²) in [5.74, 6) is -0.174. The van der Waals surface area contributed by atoms with E-state index in [9.17, 15) is 13.2 Å². The summed E-state index contributed by atoms with van der Waals surface area (Å²) in [6.45, 7) is 2.03. The van der Waals surface area contributed by atoms with E-state index in [1.807, 2.05) is 47.4 Å². The highest BCUT2D eigenvalue weighted by Gasteiger charge is 2.19. The summed E-state index contributed by atoms with van der Waals surface area (Å²) >= 11 is 1.50. The van der Waals surface area contributed by atoms with Gasteiger partial charge in [0.25, 0.3) is 0 Å². The lowest BCUT2D eigenvalue weighted by Gasteiger charge is -2.17. The fourth-order valence-corrected chi connectivity index (χ4v) is 4.38. The number of hydrogen-bond donors (Lipinski definition) is 3. The van der Waals surface area contributed by atoms with Crippen LogP contribution in [0.3, 0.4) is 0 Å². The second-order valence-corrected chi connectivity index (χ2v) is 9.01. The molecular weight excluding hydrogens is 434 g/mol. The minimum atomic E-state index is -4.32. The van der Waals surface area contributed by atoms with E-state index >= 15 is 0 Å². The van der Waals surface area contributed by atoms with Gasteiger partial charge in [-0.15, -0.1) is 11.3 Å². The van der Waals surface area contributed by atoms with Crippen molar-refractivity contribution >= 4 is 33.2 Å². The summed E-state index contributed by atoms with van der Waals surface area (Å²) in [4.78, 5) is 17.2. The van der Waals surface area contributed by atoms with Gasteiger partial charge in [-0.25, -0.2) is 4.98 Å². The van der Waals surface area contributed by atoms with E-state index in [4.69, 9.17) is 4.55 Å². The van der Waals surface area contributed by atoms with Crippen LogP contribution in [-0.4, -0.2) is 23.9 Å². The number of nitrogens with zero attached hydrogens (tertiary/aromatic N) is 1. The zero-order chi connectivity index (χ0) is 22.3. The van der Waals surface area contributed by atoms with E-state index in [-0.39, 0.29) is 17.6 Å². The monoisotopic (exact) mass is 458 g/mol. The molecule has 0 aliphatic heterocycles. The molecular formula is C22H24N3O4S2. The average molecular weight is 459 g/mol. The van der Waals surface area contributed by atoms with Crippen LogP contribution in [0.15, 0.2) is 60.0 Å². The highest BCUT2D eigenvalue weighted by molar-refractivity contribution is 7.87. The van der Waals surface area contributed by atoms with Crippen LogP contribution in [0.25, 0.3) is 0 Å². The third-order valence-corrected chi connectivity index (χ3v) is 6.05. The molecule has 3 N–H and O–H groups in total. The minimum absolute atomic E-state index is 0.174. The Bertz CT molecular complexity index is 1100. The fraction of sp³-hybridized carbons (Fsp3) is 0.227. The molecule has 1 radical (unpaired) electrons. The van der Waals surface area contributed by atoms with Crippen molar-refractivity contribution < 1.29 is 17.8 Å². The SMILES string of the molecule is CCc1csc([C@H](Cc2ccc(NS(=O)(=O)O)cc2)NC(=O)[CH]Cc2ccccc2)n1. The third-order valence-electron chi connectivity index (χ3n) is 4.55. The maximum atomic E-state index is 12.6. The molecule has 0 saturated heterocycles. The molecule has 1 atom stereocenters. The highest BCUT2D eigenvalue weighted by Crippen LogP contribution is 2.24. The molecule has 3 aromatic rings. The smallest absolute Gasteiger partial charge is 0.346 e. The minimum Gasteiger partial charge on any atom is -0.346 e. The predicted octanol–water partition coefficient (Wildman–Crippen LogP) is 3.77. The first kappa shape index (κ1) is 22.9. The lowest BCUT2D eigenvalue weighted by Crippen LogP contribution is -2.30. The van der Waals surface area contributed by atoms with E-state index in [0.717, 1.165) is 28.2 Å². The number of rotatable bonds is 10. The molecule has 1 heterocycles. The lowest BCUT2D eigenvalue weighted by molar-refractivity contribution is -0.118. The van der Waals surface area contributed by atoms with E-state index in [1.165, 1.54) is 11.3 Å². The molecule has 1 amide bonds. The summed E-state index contributed by atoms with van der Waals surface area (Å²) in [6.07, 6.45) is 3.46. The summed E-state index contributed by atoms with van der Waals surface area (Å²) < 4.78 is 32.8. The van der Waals surface area contributed by atoms with Crippen LogP contribution in [0.4, 0.5) is 5.69 Å². The Balaban J connectivity index is 1.69. The van der Waals surface area contributed by atoms with Crippen molar-refractivity contribution in [1.82, 2.24) is 10.3 Å². The number of carbonyl (C=O) groups is 1. The van der Waals surface area contributed by atoms with Crippen molar-refractivity contribution in [3.05, 3.63) is 88.2 Å². The van der Waals surface area contributed by atoms with Crippen LogP contribution in [0.5, 0.6) is 0 Å². The van der Waals surface area contributed by atoms with Gasteiger partial charge in [-0.2, -0.15) is 8.42 Å². The number of benzene rings is 2. The fourth-order valence-electron chi connectivity index (χ4n) is 2.99. The van der Waals surface area contributed by atoms with Gasteiger partial charge in [-0.3, -0.25) is 14.1 Å². The Labute approximate surface area is 186 Å². The number of thiazole rings is 1.